The van der Waals surface area contributed by atoms with Crippen molar-refractivity contribution in [2.24, 2.45) is 0 Å². The van der Waals surface area contributed by atoms with Gasteiger partial charge >= 0.3 is 0 Å². The Bertz CT molecular complexity index is 1270. The number of ether oxygens (including phenoxy) is 2. The molecule has 2 amide bonds. The predicted molar refractivity (Wildman–Crippen MR) is 132 cm³/mol. The number of anilines is 1. The van der Waals surface area contributed by atoms with Gasteiger partial charge in [0.15, 0.2) is 11.5 Å². The lowest BCUT2D eigenvalue weighted by Gasteiger charge is -2.36. The van der Waals surface area contributed by atoms with Gasteiger partial charge in [0, 0.05) is 44.5 Å². The maximum atomic E-state index is 13.1. The quantitative estimate of drug-likeness (QED) is 0.613. The fourth-order valence-electron chi connectivity index (χ4n) is 4.43. The number of carbonyl (C=O) groups excluding carboxylic acids is 2. The minimum Gasteiger partial charge on any atom is -0.454 e. The molecule has 0 atom stereocenters. The molecule has 0 aliphatic carbocycles. The number of hydrogen-bond acceptors (Lipinski definition) is 6. The molecule has 0 saturated carbocycles. The SMILES string of the molecule is Cc1cccc(C(=O)N2CCN(c3ncccc3C(=O)NCc3ccc4c(c3)OCO4)CC2)c1C. The summed E-state index contributed by atoms with van der Waals surface area (Å²) in [5.41, 5.74) is 4.32. The molecule has 3 aromatic rings. The van der Waals surface area contributed by atoms with Crippen molar-refractivity contribution in [3.05, 3.63) is 82.5 Å². The van der Waals surface area contributed by atoms with E-state index in [0.29, 0.717) is 55.6 Å². The Labute approximate surface area is 204 Å². The fraction of sp³-hybridized carbons (Fsp3) is 0.296. The summed E-state index contributed by atoms with van der Waals surface area (Å²) in [5, 5.41) is 2.98. The smallest absolute Gasteiger partial charge is 0.255 e. The monoisotopic (exact) mass is 472 g/mol. The standard InChI is InChI=1S/C27H28N4O4/c1-18-5-3-6-21(19(18)2)27(33)31-13-11-30(12-14-31)25-22(7-4-10-28-25)26(32)29-16-20-8-9-23-24(15-20)35-17-34-23/h3-10,15H,11-14,16-17H2,1-2H3,(H,29,32). The molecule has 0 spiro atoms. The number of amides is 2. The van der Waals surface area contributed by atoms with E-state index in [0.717, 1.165) is 22.3 Å². The number of fused-ring (bicyclic) bond motifs is 1. The van der Waals surface area contributed by atoms with Crippen molar-refractivity contribution >= 4 is 17.6 Å². The number of nitrogens with one attached hydrogen (secondary N) is 1. The first-order valence-electron chi connectivity index (χ1n) is 11.7. The van der Waals surface area contributed by atoms with Crippen LogP contribution in [0.15, 0.2) is 54.7 Å². The predicted octanol–water partition coefficient (Wildman–Crippen LogP) is 3.32. The maximum absolute atomic E-state index is 13.1. The van der Waals surface area contributed by atoms with Crippen LogP contribution < -0.4 is 19.7 Å². The number of pyridine rings is 1. The number of aromatic nitrogens is 1. The van der Waals surface area contributed by atoms with Gasteiger partial charge in [0.1, 0.15) is 5.82 Å². The second kappa shape index (κ2) is 9.66. The average Bonchev–Trinajstić information content (AvgIpc) is 3.37. The van der Waals surface area contributed by atoms with Gasteiger partial charge in [0.2, 0.25) is 6.79 Å². The third-order valence-corrected chi connectivity index (χ3v) is 6.62. The van der Waals surface area contributed by atoms with Gasteiger partial charge in [-0.1, -0.05) is 18.2 Å². The van der Waals surface area contributed by atoms with Gasteiger partial charge in [0.05, 0.1) is 5.56 Å². The topological polar surface area (TPSA) is 84.0 Å². The lowest BCUT2D eigenvalue weighted by atomic mass is 10.0. The lowest BCUT2D eigenvalue weighted by molar-refractivity contribution is 0.0744. The minimum absolute atomic E-state index is 0.0496. The highest BCUT2D eigenvalue weighted by atomic mass is 16.7. The Morgan fingerprint density at radius 2 is 1.71 bits per heavy atom. The van der Waals surface area contributed by atoms with E-state index in [1.165, 1.54) is 0 Å². The van der Waals surface area contributed by atoms with Crippen molar-refractivity contribution in [3.63, 3.8) is 0 Å². The summed E-state index contributed by atoms with van der Waals surface area (Å²) in [6.45, 7) is 6.94. The van der Waals surface area contributed by atoms with Crippen molar-refractivity contribution in [1.29, 1.82) is 0 Å². The summed E-state index contributed by atoms with van der Waals surface area (Å²) in [6, 6.07) is 15.0. The molecule has 180 valence electrons. The van der Waals surface area contributed by atoms with Gasteiger partial charge in [-0.15, -0.1) is 0 Å². The van der Waals surface area contributed by atoms with Crippen LogP contribution >= 0.6 is 0 Å². The second-order valence-electron chi connectivity index (χ2n) is 8.77. The lowest BCUT2D eigenvalue weighted by Crippen LogP contribution is -2.49. The normalized spacial score (nSPS) is 14.7. The van der Waals surface area contributed by atoms with E-state index < -0.39 is 0 Å². The molecule has 3 heterocycles. The number of hydrogen-bond donors (Lipinski definition) is 1. The molecule has 2 aliphatic rings. The number of rotatable bonds is 5. The molecule has 5 rings (SSSR count). The van der Waals surface area contributed by atoms with Gasteiger partial charge in [-0.3, -0.25) is 9.59 Å². The molecule has 2 aliphatic heterocycles. The summed E-state index contributed by atoms with van der Waals surface area (Å²) in [6.07, 6.45) is 1.69. The summed E-state index contributed by atoms with van der Waals surface area (Å²) < 4.78 is 10.8. The minimum atomic E-state index is -0.195. The summed E-state index contributed by atoms with van der Waals surface area (Å²) in [7, 11) is 0. The van der Waals surface area contributed by atoms with E-state index in [4.69, 9.17) is 9.47 Å². The molecule has 1 saturated heterocycles. The summed E-state index contributed by atoms with van der Waals surface area (Å²) in [5.74, 6) is 1.89. The number of aryl methyl sites for hydroxylation is 1. The Hall–Kier alpha value is -4.07. The van der Waals surface area contributed by atoms with Gasteiger partial charge in [-0.25, -0.2) is 4.98 Å². The van der Waals surface area contributed by atoms with Crippen LogP contribution in [0, 0.1) is 13.8 Å². The van der Waals surface area contributed by atoms with Crippen molar-refractivity contribution in [1.82, 2.24) is 15.2 Å². The van der Waals surface area contributed by atoms with E-state index >= 15 is 0 Å². The highest BCUT2D eigenvalue weighted by Crippen LogP contribution is 2.32. The van der Waals surface area contributed by atoms with E-state index in [1.54, 1.807) is 18.3 Å². The molecule has 1 fully saturated rings. The highest BCUT2D eigenvalue weighted by Gasteiger charge is 2.26. The number of benzene rings is 2. The molecule has 2 aromatic carbocycles. The first-order valence-corrected chi connectivity index (χ1v) is 11.7. The third-order valence-electron chi connectivity index (χ3n) is 6.62. The van der Waals surface area contributed by atoms with Crippen molar-refractivity contribution in [2.45, 2.75) is 20.4 Å². The van der Waals surface area contributed by atoms with Crippen LogP contribution in [0.25, 0.3) is 0 Å². The summed E-state index contributed by atoms with van der Waals surface area (Å²) in [4.78, 5) is 34.6. The molecular formula is C27H28N4O4. The molecule has 35 heavy (non-hydrogen) atoms. The molecular weight excluding hydrogens is 444 g/mol. The molecule has 0 bridgehead atoms. The second-order valence-corrected chi connectivity index (χ2v) is 8.77. The van der Waals surface area contributed by atoms with Gasteiger partial charge in [-0.05, 0) is 60.9 Å². The van der Waals surface area contributed by atoms with E-state index in [9.17, 15) is 9.59 Å². The zero-order valence-electron chi connectivity index (χ0n) is 19.9. The van der Waals surface area contributed by atoms with Crippen molar-refractivity contribution in [2.75, 3.05) is 37.9 Å². The van der Waals surface area contributed by atoms with Crippen molar-refractivity contribution < 1.29 is 19.1 Å². The van der Waals surface area contributed by atoms with Gasteiger partial charge in [0.25, 0.3) is 11.8 Å². The zero-order valence-corrected chi connectivity index (χ0v) is 19.9. The average molecular weight is 473 g/mol. The van der Waals surface area contributed by atoms with E-state index in [1.807, 2.05) is 55.1 Å². The number of carbonyl (C=O) groups is 2. The first-order chi connectivity index (χ1) is 17.0. The van der Waals surface area contributed by atoms with Gasteiger partial charge < -0.3 is 24.6 Å². The Balaban J connectivity index is 1.23. The molecule has 0 unspecified atom stereocenters. The number of piperazine rings is 1. The number of nitrogens with zero attached hydrogens (tertiary/aromatic N) is 3. The Morgan fingerprint density at radius 1 is 0.943 bits per heavy atom. The first kappa shape index (κ1) is 22.7. The van der Waals surface area contributed by atoms with Crippen LogP contribution in [0.2, 0.25) is 0 Å². The van der Waals surface area contributed by atoms with Crippen LogP contribution in [-0.2, 0) is 6.54 Å². The molecule has 8 nitrogen and oxygen atoms in total. The van der Waals surface area contributed by atoms with E-state index in [2.05, 4.69) is 15.2 Å². The van der Waals surface area contributed by atoms with Gasteiger partial charge in [-0.2, -0.15) is 0 Å². The zero-order chi connectivity index (χ0) is 24.4. The van der Waals surface area contributed by atoms with E-state index in [-0.39, 0.29) is 18.6 Å². The molecule has 1 aromatic heterocycles. The maximum Gasteiger partial charge on any atom is 0.255 e. The van der Waals surface area contributed by atoms with Crippen LogP contribution in [0.3, 0.4) is 0 Å². The van der Waals surface area contributed by atoms with Crippen LogP contribution in [-0.4, -0.2) is 54.7 Å². The van der Waals surface area contributed by atoms with Crippen molar-refractivity contribution in [3.8, 4) is 11.5 Å². The Kier molecular flexibility index (Phi) is 6.27. The molecule has 8 heteroatoms. The van der Waals surface area contributed by atoms with Crippen LogP contribution in [0.4, 0.5) is 5.82 Å². The van der Waals surface area contributed by atoms with Crippen LogP contribution in [0.1, 0.15) is 37.4 Å². The highest BCUT2D eigenvalue weighted by molar-refractivity contribution is 5.99. The largest absolute Gasteiger partial charge is 0.454 e. The van der Waals surface area contributed by atoms with Crippen LogP contribution in [0.5, 0.6) is 11.5 Å². The summed E-state index contributed by atoms with van der Waals surface area (Å²) >= 11 is 0. The third kappa shape index (κ3) is 4.64. The fourth-order valence-corrected chi connectivity index (χ4v) is 4.43. The molecule has 0 radical (unpaired) electrons. The Morgan fingerprint density at radius 3 is 2.54 bits per heavy atom. The molecule has 1 N–H and O–H groups in total.